The first-order valence-corrected chi connectivity index (χ1v) is 6.89. The number of hydrogen-bond acceptors (Lipinski definition) is 3. The van der Waals surface area contributed by atoms with E-state index in [0.717, 1.165) is 22.3 Å². The number of anilines is 1. The van der Waals surface area contributed by atoms with Gasteiger partial charge in [-0.05, 0) is 24.3 Å². The smallest absolute Gasteiger partial charge is 0.180 e. The van der Waals surface area contributed by atoms with Crippen LogP contribution < -0.4 is 5.73 Å². The molecule has 21 heavy (non-hydrogen) atoms. The molecule has 4 nitrogen and oxygen atoms in total. The van der Waals surface area contributed by atoms with Crippen LogP contribution >= 0.6 is 11.6 Å². The minimum absolute atomic E-state index is 0.425. The number of imidazole rings is 1. The summed E-state index contributed by atoms with van der Waals surface area (Å²) in [6, 6.07) is 15.4. The lowest BCUT2D eigenvalue weighted by molar-refractivity contribution is 1.21. The number of nitrogens with two attached hydrogens (primary N) is 1. The average Bonchev–Trinajstić information content (AvgIpc) is 2.94. The molecule has 4 aromatic rings. The molecule has 2 aromatic carbocycles. The number of halogens is 1. The Balaban J connectivity index is 2.03. The molecule has 0 amide bonds. The SMILES string of the molecule is Nc1nc2ccccc2n2cc(-c3ccc(Cl)cc3)nc12. The van der Waals surface area contributed by atoms with Gasteiger partial charge in [-0.1, -0.05) is 35.9 Å². The number of hydrogen-bond donors (Lipinski definition) is 1. The molecule has 0 bridgehead atoms. The molecule has 2 N–H and O–H groups in total. The Morgan fingerprint density at radius 2 is 1.71 bits per heavy atom. The number of nitrogen functional groups attached to an aromatic ring is 1. The first-order valence-electron chi connectivity index (χ1n) is 6.51. The largest absolute Gasteiger partial charge is 0.381 e. The van der Waals surface area contributed by atoms with Crippen LogP contribution in [-0.2, 0) is 0 Å². The van der Waals surface area contributed by atoms with E-state index in [1.807, 2.05) is 59.1 Å². The van der Waals surface area contributed by atoms with Crippen LogP contribution in [-0.4, -0.2) is 14.4 Å². The van der Waals surface area contributed by atoms with Gasteiger partial charge in [-0.25, -0.2) is 9.97 Å². The first-order chi connectivity index (χ1) is 10.2. The van der Waals surface area contributed by atoms with Crippen LogP contribution in [0.15, 0.2) is 54.7 Å². The van der Waals surface area contributed by atoms with E-state index in [-0.39, 0.29) is 0 Å². The van der Waals surface area contributed by atoms with Gasteiger partial charge in [-0.15, -0.1) is 0 Å². The van der Waals surface area contributed by atoms with E-state index < -0.39 is 0 Å². The highest BCUT2D eigenvalue weighted by Gasteiger charge is 2.10. The molecule has 2 heterocycles. The summed E-state index contributed by atoms with van der Waals surface area (Å²) in [6.07, 6.45) is 1.97. The maximum absolute atomic E-state index is 6.02. The number of aromatic nitrogens is 3. The molecule has 0 aliphatic heterocycles. The molecular formula is C16H11ClN4. The van der Waals surface area contributed by atoms with Gasteiger partial charge in [-0.3, -0.25) is 4.40 Å². The number of nitrogens with zero attached hydrogens (tertiary/aromatic N) is 3. The Kier molecular flexibility index (Phi) is 2.59. The summed E-state index contributed by atoms with van der Waals surface area (Å²) in [4.78, 5) is 8.99. The van der Waals surface area contributed by atoms with E-state index in [2.05, 4.69) is 9.97 Å². The first kappa shape index (κ1) is 12.2. The number of rotatable bonds is 1. The highest BCUT2D eigenvalue weighted by molar-refractivity contribution is 6.30. The van der Waals surface area contributed by atoms with Crippen molar-refractivity contribution in [3.05, 3.63) is 59.8 Å². The second kappa shape index (κ2) is 4.46. The van der Waals surface area contributed by atoms with Crippen molar-refractivity contribution in [1.82, 2.24) is 14.4 Å². The summed E-state index contributed by atoms with van der Waals surface area (Å²) in [7, 11) is 0. The van der Waals surface area contributed by atoms with Crippen LogP contribution in [0.25, 0.3) is 27.9 Å². The lowest BCUT2D eigenvalue weighted by Gasteiger charge is -2.02. The molecule has 2 aromatic heterocycles. The van der Waals surface area contributed by atoms with Crippen molar-refractivity contribution < 1.29 is 0 Å². The van der Waals surface area contributed by atoms with Crippen LogP contribution in [0.5, 0.6) is 0 Å². The summed E-state index contributed by atoms with van der Waals surface area (Å²) >= 11 is 5.93. The fraction of sp³-hybridized carbons (Fsp3) is 0. The average molecular weight is 295 g/mol. The molecule has 0 unspecified atom stereocenters. The van der Waals surface area contributed by atoms with Gasteiger partial charge in [-0.2, -0.15) is 0 Å². The Hall–Kier alpha value is -2.59. The highest BCUT2D eigenvalue weighted by Crippen LogP contribution is 2.25. The van der Waals surface area contributed by atoms with Gasteiger partial charge in [0.1, 0.15) is 0 Å². The van der Waals surface area contributed by atoms with E-state index in [1.54, 1.807) is 0 Å². The Morgan fingerprint density at radius 3 is 2.52 bits per heavy atom. The zero-order valence-electron chi connectivity index (χ0n) is 11.0. The summed E-state index contributed by atoms with van der Waals surface area (Å²) in [6.45, 7) is 0. The normalized spacial score (nSPS) is 11.3. The van der Waals surface area contributed by atoms with Crippen molar-refractivity contribution in [3.63, 3.8) is 0 Å². The summed E-state index contributed by atoms with van der Waals surface area (Å²) < 4.78 is 1.97. The summed E-state index contributed by atoms with van der Waals surface area (Å²) in [5, 5.41) is 0.703. The quantitative estimate of drug-likeness (QED) is 0.581. The minimum atomic E-state index is 0.425. The summed E-state index contributed by atoms with van der Waals surface area (Å²) in [5.74, 6) is 0.425. The van der Waals surface area contributed by atoms with Gasteiger partial charge in [0.25, 0.3) is 0 Å². The van der Waals surface area contributed by atoms with Gasteiger partial charge in [0.2, 0.25) is 0 Å². The molecule has 0 saturated heterocycles. The van der Waals surface area contributed by atoms with Gasteiger partial charge in [0, 0.05) is 16.8 Å². The molecule has 0 aliphatic carbocycles. The number of fused-ring (bicyclic) bond motifs is 3. The molecule has 0 radical (unpaired) electrons. The zero-order chi connectivity index (χ0) is 14.4. The fourth-order valence-corrected chi connectivity index (χ4v) is 2.57. The van der Waals surface area contributed by atoms with Gasteiger partial charge >= 0.3 is 0 Å². The van der Waals surface area contributed by atoms with Crippen LogP contribution in [0.3, 0.4) is 0 Å². The van der Waals surface area contributed by atoms with Crippen LogP contribution in [0, 0.1) is 0 Å². The van der Waals surface area contributed by atoms with Crippen molar-refractivity contribution in [2.75, 3.05) is 5.73 Å². The zero-order valence-corrected chi connectivity index (χ0v) is 11.7. The second-order valence-corrected chi connectivity index (χ2v) is 5.25. The van der Waals surface area contributed by atoms with Crippen molar-refractivity contribution in [2.24, 2.45) is 0 Å². The lowest BCUT2D eigenvalue weighted by atomic mass is 10.2. The predicted molar refractivity (Wildman–Crippen MR) is 85.4 cm³/mol. The molecule has 0 saturated carbocycles. The van der Waals surface area contributed by atoms with E-state index in [4.69, 9.17) is 17.3 Å². The lowest BCUT2D eigenvalue weighted by Crippen LogP contribution is -1.97. The minimum Gasteiger partial charge on any atom is -0.381 e. The van der Waals surface area contributed by atoms with Crippen LogP contribution in [0.4, 0.5) is 5.82 Å². The molecule has 0 spiro atoms. The topological polar surface area (TPSA) is 56.2 Å². The number of benzene rings is 2. The van der Waals surface area contributed by atoms with Gasteiger partial charge in [0.15, 0.2) is 11.5 Å². The standard InChI is InChI=1S/C16H11ClN4/c17-11-7-5-10(6-8-11)13-9-21-14-4-2-1-3-12(14)19-15(18)16(21)20-13/h1-9H,(H2,18,19). The maximum Gasteiger partial charge on any atom is 0.180 e. The Morgan fingerprint density at radius 1 is 0.952 bits per heavy atom. The van der Waals surface area contributed by atoms with E-state index in [1.165, 1.54) is 0 Å². The predicted octanol–water partition coefficient (Wildman–Crippen LogP) is 3.79. The Bertz CT molecular complexity index is 957. The summed E-state index contributed by atoms with van der Waals surface area (Å²) in [5.41, 5.74) is 10.4. The molecule has 0 aliphatic rings. The fourth-order valence-electron chi connectivity index (χ4n) is 2.45. The van der Waals surface area contributed by atoms with E-state index >= 15 is 0 Å². The van der Waals surface area contributed by atoms with Gasteiger partial charge < -0.3 is 5.73 Å². The third-order valence-corrected chi connectivity index (χ3v) is 3.71. The van der Waals surface area contributed by atoms with Crippen molar-refractivity contribution >= 4 is 34.1 Å². The highest BCUT2D eigenvalue weighted by atomic mass is 35.5. The Labute approximate surface area is 125 Å². The molecule has 4 rings (SSSR count). The maximum atomic E-state index is 6.02. The van der Waals surface area contributed by atoms with E-state index in [0.29, 0.717) is 16.5 Å². The van der Waals surface area contributed by atoms with Crippen molar-refractivity contribution in [3.8, 4) is 11.3 Å². The molecule has 0 atom stereocenters. The molecule has 102 valence electrons. The molecular weight excluding hydrogens is 284 g/mol. The van der Waals surface area contributed by atoms with Crippen molar-refractivity contribution in [2.45, 2.75) is 0 Å². The van der Waals surface area contributed by atoms with Crippen LogP contribution in [0.2, 0.25) is 5.02 Å². The number of para-hydroxylation sites is 2. The molecule has 5 heteroatoms. The van der Waals surface area contributed by atoms with E-state index in [9.17, 15) is 0 Å². The van der Waals surface area contributed by atoms with Crippen molar-refractivity contribution in [1.29, 1.82) is 0 Å². The molecule has 0 fully saturated rings. The second-order valence-electron chi connectivity index (χ2n) is 4.81. The van der Waals surface area contributed by atoms with Crippen LogP contribution in [0.1, 0.15) is 0 Å². The van der Waals surface area contributed by atoms with Gasteiger partial charge in [0.05, 0.1) is 16.7 Å². The monoisotopic (exact) mass is 294 g/mol. The third-order valence-electron chi connectivity index (χ3n) is 3.46. The third kappa shape index (κ3) is 1.92.